The number of nitriles is 1. The molecular formula is C25H16BrCl2N2S+. The van der Waals surface area contributed by atoms with Crippen LogP contribution in [0, 0.1) is 11.3 Å². The minimum Gasteiger partial charge on any atom is -0.198 e. The molecule has 1 heterocycles. The van der Waals surface area contributed by atoms with Crippen LogP contribution < -0.4 is 4.98 Å². The zero-order valence-electron chi connectivity index (χ0n) is 16.2. The lowest BCUT2D eigenvalue weighted by Crippen LogP contribution is -2.14. The molecule has 0 bridgehead atoms. The topological polar surface area (TPSA) is 37.9 Å². The highest BCUT2D eigenvalue weighted by atomic mass is 79.9. The number of aromatic amines is 1. The Morgan fingerprint density at radius 1 is 0.903 bits per heavy atom. The van der Waals surface area contributed by atoms with Gasteiger partial charge in [-0.3, -0.25) is 0 Å². The van der Waals surface area contributed by atoms with Gasteiger partial charge in [0.1, 0.15) is 11.6 Å². The number of H-pyrrole nitrogens is 1. The molecule has 0 fully saturated rings. The van der Waals surface area contributed by atoms with Crippen molar-refractivity contribution in [2.75, 3.05) is 0 Å². The van der Waals surface area contributed by atoms with E-state index in [0.29, 0.717) is 15.6 Å². The first kappa shape index (κ1) is 21.9. The average Bonchev–Trinajstić information content (AvgIpc) is 2.79. The van der Waals surface area contributed by atoms with Gasteiger partial charge in [-0.05, 0) is 48.0 Å². The van der Waals surface area contributed by atoms with Crippen molar-refractivity contribution < 1.29 is 4.98 Å². The zero-order valence-corrected chi connectivity index (χ0v) is 20.1. The molecule has 4 aromatic rings. The predicted octanol–water partition coefficient (Wildman–Crippen LogP) is 8.07. The number of aromatic nitrogens is 1. The van der Waals surface area contributed by atoms with Crippen molar-refractivity contribution in [3.05, 3.63) is 105 Å². The maximum absolute atomic E-state index is 10.0. The highest BCUT2D eigenvalue weighted by molar-refractivity contribution is 9.10. The van der Waals surface area contributed by atoms with Crippen LogP contribution >= 0.6 is 50.9 Å². The van der Waals surface area contributed by atoms with Crippen LogP contribution in [0.5, 0.6) is 0 Å². The van der Waals surface area contributed by atoms with Gasteiger partial charge in [-0.15, -0.1) is 0 Å². The number of nitrogens with one attached hydrogen (secondary N) is 1. The minimum atomic E-state index is 0.577. The largest absolute Gasteiger partial charge is 0.257 e. The first-order chi connectivity index (χ1) is 15.0. The van der Waals surface area contributed by atoms with E-state index in [1.807, 2.05) is 66.7 Å². The van der Waals surface area contributed by atoms with Gasteiger partial charge in [-0.1, -0.05) is 81.2 Å². The third-order valence-corrected chi connectivity index (χ3v) is 6.94. The monoisotopic (exact) mass is 525 g/mol. The molecule has 1 aromatic heterocycles. The number of pyridine rings is 1. The Morgan fingerprint density at radius 2 is 1.61 bits per heavy atom. The maximum atomic E-state index is 10.0. The Morgan fingerprint density at radius 3 is 2.29 bits per heavy atom. The summed E-state index contributed by atoms with van der Waals surface area (Å²) in [6.45, 7) is 0. The van der Waals surface area contributed by atoms with Gasteiger partial charge in [-0.2, -0.15) is 10.2 Å². The molecular weight excluding hydrogens is 511 g/mol. The molecule has 2 nitrogen and oxygen atoms in total. The molecule has 1 N–H and O–H groups in total. The van der Waals surface area contributed by atoms with E-state index in [9.17, 15) is 5.26 Å². The Hall–Kier alpha value is -2.29. The molecule has 0 unspecified atom stereocenters. The van der Waals surface area contributed by atoms with Gasteiger partial charge in [0, 0.05) is 43.0 Å². The number of hydrogen-bond acceptors (Lipinski definition) is 2. The van der Waals surface area contributed by atoms with Crippen molar-refractivity contribution >= 4 is 50.9 Å². The van der Waals surface area contributed by atoms with Crippen molar-refractivity contribution in [1.82, 2.24) is 0 Å². The molecule has 0 spiro atoms. The lowest BCUT2D eigenvalue weighted by molar-refractivity contribution is -0.414. The van der Waals surface area contributed by atoms with Crippen LogP contribution in [-0.4, -0.2) is 0 Å². The molecule has 0 aliphatic carbocycles. The van der Waals surface area contributed by atoms with E-state index < -0.39 is 0 Å². The molecule has 0 saturated carbocycles. The fraction of sp³-hybridized carbons (Fsp3) is 0.0400. The summed E-state index contributed by atoms with van der Waals surface area (Å²) in [5.41, 5.74) is 5.25. The number of rotatable bonds is 5. The third kappa shape index (κ3) is 5.14. The Bertz CT molecular complexity index is 1270. The molecule has 152 valence electrons. The summed E-state index contributed by atoms with van der Waals surface area (Å²) in [7, 11) is 0. The Balaban J connectivity index is 1.83. The van der Waals surface area contributed by atoms with Gasteiger partial charge in [0.05, 0.1) is 0 Å². The summed E-state index contributed by atoms with van der Waals surface area (Å²) in [6, 6.07) is 27.8. The minimum absolute atomic E-state index is 0.577. The summed E-state index contributed by atoms with van der Waals surface area (Å²) < 4.78 is 1.04. The van der Waals surface area contributed by atoms with E-state index in [-0.39, 0.29) is 0 Å². The van der Waals surface area contributed by atoms with Crippen LogP contribution in [0.3, 0.4) is 0 Å². The molecule has 0 atom stereocenters. The summed E-state index contributed by atoms with van der Waals surface area (Å²) in [5, 5.41) is 12.1. The standard InChI is InChI=1S/C25H15BrCl2N2S/c26-18-9-5-16(6-10-18)15-31-25-22(14-29)21(20-3-1-2-4-23(20)28)13-24(30-25)17-7-11-19(27)12-8-17/h1-13H,15H2/p+1. The maximum Gasteiger partial charge on any atom is 0.257 e. The van der Waals surface area contributed by atoms with Crippen molar-refractivity contribution in [1.29, 1.82) is 5.26 Å². The van der Waals surface area contributed by atoms with Gasteiger partial charge >= 0.3 is 0 Å². The smallest absolute Gasteiger partial charge is 0.198 e. The summed E-state index contributed by atoms with van der Waals surface area (Å²) in [6.07, 6.45) is 0. The van der Waals surface area contributed by atoms with Crippen molar-refractivity contribution in [3.8, 4) is 28.5 Å². The summed E-state index contributed by atoms with van der Waals surface area (Å²) in [5.74, 6) is 0.727. The normalized spacial score (nSPS) is 10.6. The number of halogens is 3. The van der Waals surface area contributed by atoms with E-state index in [2.05, 4.69) is 39.1 Å². The van der Waals surface area contributed by atoms with Crippen LogP contribution in [0.2, 0.25) is 10.0 Å². The van der Waals surface area contributed by atoms with Crippen molar-refractivity contribution in [2.24, 2.45) is 0 Å². The number of hydrogen-bond donors (Lipinski definition) is 0. The van der Waals surface area contributed by atoms with Gasteiger partial charge in [0.2, 0.25) is 5.69 Å². The Labute approximate surface area is 204 Å². The fourth-order valence-electron chi connectivity index (χ4n) is 3.19. The number of benzene rings is 3. The predicted molar refractivity (Wildman–Crippen MR) is 132 cm³/mol. The average molecular weight is 527 g/mol. The Kier molecular flexibility index (Phi) is 6.99. The van der Waals surface area contributed by atoms with Gasteiger partial charge in [-0.25, -0.2) is 0 Å². The molecule has 0 aliphatic rings. The number of nitrogens with zero attached hydrogens (tertiary/aromatic N) is 1. The van der Waals surface area contributed by atoms with E-state index >= 15 is 0 Å². The fourth-order valence-corrected chi connectivity index (χ4v) is 4.81. The molecule has 0 radical (unpaired) electrons. The van der Waals surface area contributed by atoms with Crippen LogP contribution in [0.1, 0.15) is 11.1 Å². The lowest BCUT2D eigenvalue weighted by Gasteiger charge is -2.09. The van der Waals surface area contributed by atoms with Crippen LogP contribution in [0.4, 0.5) is 0 Å². The van der Waals surface area contributed by atoms with E-state index in [0.717, 1.165) is 37.6 Å². The molecule has 31 heavy (non-hydrogen) atoms. The van der Waals surface area contributed by atoms with Crippen LogP contribution in [-0.2, 0) is 5.75 Å². The number of thioether (sulfide) groups is 1. The second kappa shape index (κ2) is 9.89. The highest BCUT2D eigenvalue weighted by Gasteiger charge is 2.22. The molecule has 6 heteroatoms. The second-order valence-corrected chi connectivity index (χ2v) is 9.56. The van der Waals surface area contributed by atoms with E-state index in [1.165, 1.54) is 5.56 Å². The van der Waals surface area contributed by atoms with Crippen LogP contribution in [0.25, 0.3) is 22.4 Å². The zero-order chi connectivity index (χ0) is 21.8. The SMILES string of the molecule is N#Cc1c(-c2ccccc2Cl)cc(-c2ccc(Cl)cc2)[nH+]c1SCc1ccc(Br)cc1. The highest BCUT2D eigenvalue weighted by Crippen LogP contribution is 2.36. The summed E-state index contributed by atoms with van der Waals surface area (Å²) in [4.78, 5) is 3.46. The third-order valence-electron chi connectivity index (χ3n) is 4.76. The van der Waals surface area contributed by atoms with Crippen LogP contribution in [0.15, 0.2) is 88.4 Å². The van der Waals surface area contributed by atoms with E-state index in [1.54, 1.807) is 11.8 Å². The lowest BCUT2D eigenvalue weighted by atomic mass is 9.99. The first-order valence-electron chi connectivity index (χ1n) is 9.43. The van der Waals surface area contributed by atoms with Gasteiger partial charge in [0.25, 0.3) is 5.03 Å². The molecule has 4 rings (SSSR count). The van der Waals surface area contributed by atoms with Crippen molar-refractivity contribution in [3.63, 3.8) is 0 Å². The molecule has 0 saturated heterocycles. The first-order valence-corrected chi connectivity index (χ1v) is 12.0. The van der Waals surface area contributed by atoms with Crippen molar-refractivity contribution in [2.45, 2.75) is 10.8 Å². The van der Waals surface area contributed by atoms with E-state index in [4.69, 9.17) is 23.2 Å². The van der Waals surface area contributed by atoms with Gasteiger partial charge < -0.3 is 0 Å². The summed E-state index contributed by atoms with van der Waals surface area (Å²) >= 11 is 17.6. The molecule has 0 amide bonds. The molecule has 3 aromatic carbocycles. The quantitative estimate of drug-likeness (QED) is 0.246. The van der Waals surface area contributed by atoms with Gasteiger partial charge in [0.15, 0.2) is 0 Å². The molecule has 0 aliphatic heterocycles. The second-order valence-electron chi connectivity index (χ2n) is 6.81.